The first kappa shape index (κ1) is 25.7. The SMILES string of the molecule is CN(c1ccc(C(=O)Nc2ccccc2C(=O)NC[C@H]2CCCO2)cc1)S(=O)(=O)c1ccc(Cl)cc1. The van der Waals surface area contributed by atoms with Crippen LogP contribution < -0.4 is 14.9 Å². The fourth-order valence-electron chi connectivity index (χ4n) is 3.82. The Morgan fingerprint density at radius 1 is 1.00 bits per heavy atom. The highest BCUT2D eigenvalue weighted by Gasteiger charge is 2.22. The van der Waals surface area contributed by atoms with Crippen molar-refractivity contribution in [1.82, 2.24) is 5.32 Å². The summed E-state index contributed by atoms with van der Waals surface area (Å²) in [5, 5.41) is 6.07. The predicted molar refractivity (Wildman–Crippen MR) is 139 cm³/mol. The van der Waals surface area contributed by atoms with Gasteiger partial charge in [-0.3, -0.25) is 13.9 Å². The lowest BCUT2D eigenvalue weighted by molar-refractivity contribution is 0.0858. The third-order valence-corrected chi connectivity index (χ3v) is 7.95. The first-order valence-corrected chi connectivity index (χ1v) is 13.2. The number of anilines is 2. The minimum absolute atomic E-state index is 0.0101. The molecule has 0 aromatic heterocycles. The number of amides is 2. The zero-order valence-corrected chi connectivity index (χ0v) is 21.2. The summed E-state index contributed by atoms with van der Waals surface area (Å²) in [5.74, 6) is -0.727. The molecule has 3 aromatic rings. The fraction of sp³-hybridized carbons (Fsp3) is 0.231. The molecule has 188 valence electrons. The molecule has 0 unspecified atom stereocenters. The van der Waals surface area contributed by atoms with Gasteiger partial charge < -0.3 is 15.4 Å². The number of sulfonamides is 1. The highest BCUT2D eigenvalue weighted by Crippen LogP contribution is 2.24. The van der Waals surface area contributed by atoms with Crippen molar-refractivity contribution >= 4 is 44.8 Å². The topological polar surface area (TPSA) is 105 Å². The van der Waals surface area contributed by atoms with Crippen LogP contribution in [-0.4, -0.2) is 46.5 Å². The van der Waals surface area contributed by atoms with E-state index in [1.54, 1.807) is 36.4 Å². The molecule has 3 aromatic carbocycles. The molecule has 8 nitrogen and oxygen atoms in total. The molecule has 0 spiro atoms. The van der Waals surface area contributed by atoms with Gasteiger partial charge in [-0.25, -0.2) is 8.42 Å². The molecule has 36 heavy (non-hydrogen) atoms. The summed E-state index contributed by atoms with van der Waals surface area (Å²) < 4.78 is 32.5. The highest BCUT2D eigenvalue weighted by atomic mass is 35.5. The van der Waals surface area contributed by atoms with Crippen LogP contribution in [0.4, 0.5) is 11.4 Å². The molecule has 1 atom stereocenters. The van der Waals surface area contributed by atoms with Crippen LogP contribution >= 0.6 is 11.6 Å². The van der Waals surface area contributed by atoms with Crippen molar-refractivity contribution in [2.75, 3.05) is 29.8 Å². The molecule has 1 fully saturated rings. The number of halogens is 1. The van der Waals surface area contributed by atoms with Gasteiger partial charge in [0.15, 0.2) is 0 Å². The van der Waals surface area contributed by atoms with E-state index >= 15 is 0 Å². The Morgan fingerprint density at radius 3 is 2.36 bits per heavy atom. The Balaban J connectivity index is 1.44. The van der Waals surface area contributed by atoms with Crippen LogP contribution in [0, 0.1) is 0 Å². The van der Waals surface area contributed by atoms with E-state index in [0.717, 1.165) is 17.1 Å². The summed E-state index contributed by atoms with van der Waals surface area (Å²) >= 11 is 5.86. The quantitative estimate of drug-likeness (QED) is 0.454. The van der Waals surface area contributed by atoms with E-state index in [9.17, 15) is 18.0 Å². The Labute approximate surface area is 215 Å². The van der Waals surface area contributed by atoms with Crippen LogP contribution in [0.3, 0.4) is 0 Å². The lowest BCUT2D eigenvalue weighted by Crippen LogP contribution is -2.32. The first-order chi connectivity index (χ1) is 17.3. The van der Waals surface area contributed by atoms with E-state index in [0.29, 0.717) is 40.7 Å². The number of rotatable bonds is 8. The van der Waals surface area contributed by atoms with Gasteiger partial charge in [0.2, 0.25) is 0 Å². The van der Waals surface area contributed by atoms with Crippen molar-refractivity contribution in [2.24, 2.45) is 0 Å². The maximum absolute atomic E-state index is 12.9. The number of carbonyl (C=O) groups is 2. The van der Waals surface area contributed by atoms with Gasteiger partial charge in [0.1, 0.15) is 0 Å². The molecule has 0 saturated carbocycles. The number of ether oxygens (including phenoxy) is 1. The van der Waals surface area contributed by atoms with Gasteiger partial charge in [-0.1, -0.05) is 23.7 Å². The van der Waals surface area contributed by atoms with Gasteiger partial charge in [0.25, 0.3) is 21.8 Å². The summed E-state index contributed by atoms with van der Waals surface area (Å²) in [6, 6.07) is 18.8. The van der Waals surface area contributed by atoms with E-state index in [1.807, 2.05) is 0 Å². The molecule has 0 bridgehead atoms. The average molecular weight is 528 g/mol. The first-order valence-electron chi connectivity index (χ1n) is 11.4. The third kappa shape index (κ3) is 5.87. The van der Waals surface area contributed by atoms with Crippen molar-refractivity contribution in [2.45, 2.75) is 23.8 Å². The Bertz CT molecular complexity index is 1340. The average Bonchev–Trinajstić information content (AvgIpc) is 3.41. The Kier molecular flexibility index (Phi) is 7.93. The van der Waals surface area contributed by atoms with Crippen molar-refractivity contribution in [3.05, 3.63) is 88.9 Å². The normalized spacial score (nSPS) is 15.3. The lowest BCUT2D eigenvalue weighted by Gasteiger charge is -2.20. The maximum atomic E-state index is 12.9. The fourth-order valence-corrected chi connectivity index (χ4v) is 5.14. The molecular weight excluding hydrogens is 502 g/mol. The molecule has 1 aliphatic rings. The van der Waals surface area contributed by atoms with Gasteiger partial charge in [0, 0.05) is 30.8 Å². The second-order valence-electron chi connectivity index (χ2n) is 8.32. The number of carbonyl (C=O) groups excluding carboxylic acids is 2. The van der Waals surface area contributed by atoms with Crippen LogP contribution in [0.1, 0.15) is 33.6 Å². The standard InChI is InChI=1S/C26H26ClN3O5S/c1-30(36(33,34)22-14-10-19(27)11-15-22)20-12-8-18(9-13-20)25(31)29-24-7-3-2-6-23(24)26(32)28-17-21-5-4-16-35-21/h2-3,6-15,21H,4-5,16-17H2,1H3,(H,28,32)(H,29,31)/t21-/m1/s1. The monoisotopic (exact) mass is 527 g/mol. The smallest absolute Gasteiger partial charge is 0.264 e. The summed E-state index contributed by atoms with van der Waals surface area (Å²) in [6.07, 6.45) is 1.90. The number of hydrogen-bond acceptors (Lipinski definition) is 5. The van der Waals surface area contributed by atoms with Crippen molar-refractivity contribution < 1.29 is 22.7 Å². The Morgan fingerprint density at radius 2 is 1.69 bits per heavy atom. The number of benzene rings is 3. The minimum atomic E-state index is -3.80. The van der Waals surface area contributed by atoms with Crippen LogP contribution in [0.25, 0.3) is 0 Å². The summed E-state index contributed by atoms with van der Waals surface area (Å²) in [5.41, 5.74) is 1.41. The summed E-state index contributed by atoms with van der Waals surface area (Å²) in [4.78, 5) is 25.7. The van der Waals surface area contributed by atoms with E-state index in [2.05, 4.69) is 10.6 Å². The van der Waals surface area contributed by atoms with Gasteiger partial charge in [0.05, 0.1) is 27.9 Å². The second-order valence-corrected chi connectivity index (χ2v) is 10.7. The van der Waals surface area contributed by atoms with Crippen LogP contribution in [0.15, 0.2) is 77.7 Å². The van der Waals surface area contributed by atoms with E-state index < -0.39 is 15.9 Å². The molecule has 1 saturated heterocycles. The molecule has 0 radical (unpaired) electrons. The number of nitrogens with one attached hydrogen (secondary N) is 2. The molecule has 2 N–H and O–H groups in total. The van der Waals surface area contributed by atoms with Gasteiger partial charge in [-0.05, 0) is 73.5 Å². The zero-order valence-electron chi connectivity index (χ0n) is 19.6. The molecule has 1 aliphatic heterocycles. The zero-order chi connectivity index (χ0) is 25.7. The van der Waals surface area contributed by atoms with Crippen molar-refractivity contribution in [1.29, 1.82) is 0 Å². The number of nitrogens with zero attached hydrogens (tertiary/aromatic N) is 1. The van der Waals surface area contributed by atoms with Gasteiger partial charge in [-0.2, -0.15) is 0 Å². The number of para-hydroxylation sites is 1. The molecule has 2 amide bonds. The summed E-state index contributed by atoms with van der Waals surface area (Å²) in [7, 11) is -2.36. The molecule has 1 heterocycles. The van der Waals surface area contributed by atoms with E-state index in [1.165, 1.54) is 43.4 Å². The minimum Gasteiger partial charge on any atom is -0.376 e. The predicted octanol–water partition coefficient (Wildman–Crippen LogP) is 4.33. The largest absolute Gasteiger partial charge is 0.376 e. The molecule has 4 rings (SSSR count). The van der Waals surface area contributed by atoms with Gasteiger partial charge in [-0.15, -0.1) is 0 Å². The molecule has 0 aliphatic carbocycles. The second kappa shape index (κ2) is 11.1. The molecule has 10 heteroatoms. The third-order valence-electron chi connectivity index (χ3n) is 5.90. The summed E-state index contributed by atoms with van der Waals surface area (Å²) in [6.45, 7) is 1.11. The Hall–Kier alpha value is -3.40. The van der Waals surface area contributed by atoms with E-state index in [-0.39, 0.29) is 16.9 Å². The van der Waals surface area contributed by atoms with Crippen molar-refractivity contribution in [3.63, 3.8) is 0 Å². The van der Waals surface area contributed by atoms with Crippen molar-refractivity contribution in [3.8, 4) is 0 Å². The lowest BCUT2D eigenvalue weighted by atomic mass is 10.1. The molecular formula is C26H26ClN3O5S. The highest BCUT2D eigenvalue weighted by molar-refractivity contribution is 7.92. The van der Waals surface area contributed by atoms with Crippen LogP contribution in [0.5, 0.6) is 0 Å². The van der Waals surface area contributed by atoms with Crippen LogP contribution in [0.2, 0.25) is 5.02 Å². The number of hydrogen-bond donors (Lipinski definition) is 2. The van der Waals surface area contributed by atoms with Crippen LogP contribution in [-0.2, 0) is 14.8 Å². The maximum Gasteiger partial charge on any atom is 0.264 e. The van der Waals surface area contributed by atoms with Gasteiger partial charge >= 0.3 is 0 Å². The van der Waals surface area contributed by atoms with E-state index in [4.69, 9.17) is 16.3 Å².